The standard InChI is InChI=1S/C11H17N3O3/c1-11(2)7-14(5-9(6-15)17-11)8-3-10(16)13-12-4-8/h3-4,9,15H,5-7H2,1-2H3,(H,13,16). The third-order valence-corrected chi connectivity index (χ3v) is 2.70. The zero-order valence-electron chi connectivity index (χ0n) is 10.0. The van der Waals surface area contributed by atoms with Gasteiger partial charge in [-0.3, -0.25) is 4.79 Å². The highest BCUT2D eigenvalue weighted by atomic mass is 16.5. The second-order valence-corrected chi connectivity index (χ2v) is 4.87. The molecule has 0 aliphatic carbocycles. The van der Waals surface area contributed by atoms with Crippen molar-refractivity contribution in [1.82, 2.24) is 10.2 Å². The molecule has 0 amide bonds. The van der Waals surface area contributed by atoms with E-state index in [9.17, 15) is 9.90 Å². The maximum Gasteiger partial charge on any atom is 0.266 e. The molecule has 1 fully saturated rings. The molecule has 2 rings (SSSR count). The first kappa shape index (κ1) is 12.1. The summed E-state index contributed by atoms with van der Waals surface area (Å²) in [6.45, 7) is 5.11. The molecule has 1 aliphatic rings. The van der Waals surface area contributed by atoms with Gasteiger partial charge in [0.25, 0.3) is 5.56 Å². The molecule has 0 radical (unpaired) electrons. The van der Waals surface area contributed by atoms with Gasteiger partial charge in [-0.15, -0.1) is 0 Å². The van der Waals surface area contributed by atoms with Gasteiger partial charge in [0.05, 0.1) is 30.2 Å². The van der Waals surface area contributed by atoms with Crippen LogP contribution in [0.15, 0.2) is 17.1 Å². The van der Waals surface area contributed by atoms with E-state index in [0.29, 0.717) is 13.1 Å². The van der Waals surface area contributed by atoms with Gasteiger partial charge in [0.15, 0.2) is 0 Å². The average molecular weight is 239 g/mol. The predicted octanol–water partition coefficient (Wildman–Crippen LogP) is -0.254. The smallest absolute Gasteiger partial charge is 0.266 e. The van der Waals surface area contributed by atoms with Crippen molar-refractivity contribution < 1.29 is 9.84 Å². The second kappa shape index (κ2) is 4.46. The van der Waals surface area contributed by atoms with E-state index >= 15 is 0 Å². The number of aliphatic hydroxyl groups excluding tert-OH is 1. The Kier molecular flexibility index (Phi) is 3.17. The van der Waals surface area contributed by atoms with Gasteiger partial charge >= 0.3 is 0 Å². The van der Waals surface area contributed by atoms with Crippen molar-refractivity contribution in [3.8, 4) is 0 Å². The Morgan fingerprint density at radius 1 is 1.71 bits per heavy atom. The maximum atomic E-state index is 11.2. The van der Waals surface area contributed by atoms with Crippen LogP contribution >= 0.6 is 0 Å². The molecule has 1 aromatic heterocycles. The van der Waals surface area contributed by atoms with Crippen LogP contribution in [0.2, 0.25) is 0 Å². The average Bonchev–Trinajstić information content (AvgIpc) is 2.27. The van der Waals surface area contributed by atoms with Crippen molar-refractivity contribution in [3.63, 3.8) is 0 Å². The predicted molar refractivity (Wildman–Crippen MR) is 63.1 cm³/mol. The van der Waals surface area contributed by atoms with Gasteiger partial charge in [0.1, 0.15) is 0 Å². The summed E-state index contributed by atoms with van der Waals surface area (Å²) in [6.07, 6.45) is 1.37. The molecule has 1 aromatic rings. The normalized spacial score (nSPS) is 23.7. The van der Waals surface area contributed by atoms with Crippen molar-refractivity contribution in [2.75, 3.05) is 24.6 Å². The van der Waals surface area contributed by atoms with Crippen LogP contribution in [-0.4, -0.2) is 46.7 Å². The van der Waals surface area contributed by atoms with Gasteiger partial charge in [-0.25, -0.2) is 5.10 Å². The number of nitrogens with zero attached hydrogens (tertiary/aromatic N) is 2. The number of rotatable bonds is 2. The number of hydrogen-bond donors (Lipinski definition) is 2. The largest absolute Gasteiger partial charge is 0.394 e. The molecule has 0 saturated carbocycles. The summed E-state index contributed by atoms with van der Waals surface area (Å²) in [7, 11) is 0. The summed E-state index contributed by atoms with van der Waals surface area (Å²) < 4.78 is 5.71. The number of H-pyrrole nitrogens is 1. The summed E-state index contributed by atoms with van der Waals surface area (Å²) in [5.74, 6) is 0. The number of morpholine rings is 1. The Bertz CT molecular complexity index is 444. The molecule has 2 heterocycles. The molecule has 1 unspecified atom stereocenters. The van der Waals surface area contributed by atoms with E-state index in [0.717, 1.165) is 5.69 Å². The summed E-state index contributed by atoms with van der Waals surface area (Å²) >= 11 is 0. The summed E-state index contributed by atoms with van der Waals surface area (Å²) in [5.41, 5.74) is 0.171. The molecular formula is C11H17N3O3. The first-order valence-corrected chi connectivity index (χ1v) is 5.58. The van der Waals surface area contributed by atoms with Crippen molar-refractivity contribution >= 4 is 5.69 Å². The Morgan fingerprint density at radius 2 is 2.47 bits per heavy atom. The molecule has 6 nitrogen and oxygen atoms in total. The maximum absolute atomic E-state index is 11.2. The molecule has 0 spiro atoms. The monoisotopic (exact) mass is 239 g/mol. The molecule has 94 valence electrons. The lowest BCUT2D eigenvalue weighted by atomic mass is 10.0. The Hall–Kier alpha value is -1.40. The zero-order chi connectivity index (χ0) is 12.5. The highest BCUT2D eigenvalue weighted by molar-refractivity contribution is 5.44. The minimum absolute atomic E-state index is 0.0312. The van der Waals surface area contributed by atoms with E-state index < -0.39 is 0 Å². The Morgan fingerprint density at radius 3 is 3.12 bits per heavy atom. The van der Waals surface area contributed by atoms with E-state index in [1.807, 2.05) is 18.7 Å². The van der Waals surface area contributed by atoms with E-state index in [-0.39, 0.29) is 23.9 Å². The number of nitrogens with one attached hydrogen (secondary N) is 1. The SMILES string of the molecule is CC1(C)CN(c2cn[nH]c(=O)c2)CC(CO)O1. The van der Waals surface area contributed by atoms with Crippen LogP contribution in [0, 0.1) is 0 Å². The fraction of sp³-hybridized carbons (Fsp3) is 0.636. The van der Waals surface area contributed by atoms with Gasteiger partial charge in [-0.1, -0.05) is 0 Å². The fourth-order valence-corrected chi connectivity index (χ4v) is 2.13. The van der Waals surface area contributed by atoms with Crippen LogP contribution in [0.25, 0.3) is 0 Å². The van der Waals surface area contributed by atoms with Crippen LogP contribution in [0.3, 0.4) is 0 Å². The molecule has 1 saturated heterocycles. The molecule has 1 aliphatic heterocycles. The van der Waals surface area contributed by atoms with Gasteiger partial charge in [0, 0.05) is 19.2 Å². The minimum atomic E-state index is -0.353. The summed E-state index contributed by atoms with van der Waals surface area (Å²) in [5, 5.41) is 15.3. The van der Waals surface area contributed by atoms with Gasteiger partial charge < -0.3 is 14.7 Å². The molecule has 0 aromatic carbocycles. The Balaban J connectivity index is 2.23. The molecule has 17 heavy (non-hydrogen) atoms. The fourth-order valence-electron chi connectivity index (χ4n) is 2.13. The van der Waals surface area contributed by atoms with Crippen LogP contribution in [0.4, 0.5) is 5.69 Å². The molecule has 2 N–H and O–H groups in total. The quantitative estimate of drug-likeness (QED) is 0.744. The number of ether oxygens (including phenoxy) is 1. The van der Waals surface area contributed by atoms with E-state index in [1.54, 1.807) is 6.20 Å². The van der Waals surface area contributed by atoms with Crippen LogP contribution in [0.5, 0.6) is 0 Å². The summed E-state index contributed by atoms with van der Waals surface area (Å²) in [6, 6.07) is 1.50. The molecule has 0 bridgehead atoms. The molecular weight excluding hydrogens is 222 g/mol. The van der Waals surface area contributed by atoms with Crippen LogP contribution < -0.4 is 10.5 Å². The third kappa shape index (κ3) is 2.83. The second-order valence-electron chi connectivity index (χ2n) is 4.87. The van der Waals surface area contributed by atoms with Crippen LogP contribution in [0.1, 0.15) is 13.8 Å². The lowest BCUT2D eigenvalue weighted by molar-refractivity contribution is -0.101. The number of aromatic nitrogens is 2. The minimum Gasteiger partial charge on any atom is -0.394 e. The number of aliphatic hydroxyl groups is 1. The van der Waals surface area contributed by atoms with E-state index in [4.69, 9.17) is 4.74 Å². The lowest BCUT2D eigenvalue weighted by Crippen LogP contribution is -2.54. The highest BCUT2D eigenvalue weighted by Gasteiger charge is 2.33. The van der Waals surface area contributed by atoms with E-state index in [1.165, 1.54) is 6.07 Å². The number of aromatic amines is 1. The van der Waals surface area contributed by atoms with Crippen molar-refractivity contribution in [2.45, 2.75) is 25.6 Å². The third-order valence-electron chi connectivity index (χ3n) is 2.70. The Labute approximate surface area is 99.2 Å². The molecule has 1 atom stereocenters. The highest BCUT2D eigenvalue weighted by Crippen LogP contribution is 2.24. The lowest BCUT2D eigenvalue weighted by Gasteiger charge is -2.43. The van der Waals surface area contributed by atoms with Gasteiger partial charge in [-0.2, -0.15) is 5.10 Å². The van der Waals surface area contributed by atoms with Crippen LogP contribution in [-0.2, 0) is 4.74 Å². The first-order chi connectivity index (χ1) is 8.00. The van der Waals surface area contributed by atoms with Gasteiger partial charge in [-0.05, 0) is 13.8 Å². The van der Waals surface area contributed by atoms with Crippen molar-refractivity contribution in [1.29, 1.82) is 0 Å². The van der Waals surface area contributed by atoms with Crippen molar-refractivity contribution in [2.24, 2.45) is 0 Å². The number of hydrogen-bond acceptors (Lipinski definition) is 5. The summed E-state index contributed by atoms with van der Waals surface area (Å²) in [4.78, 5) is 13.2. The van der Waals surface area contributed by atoms with Gasteiger partial charge in [0.2, 0.25) is 0 Å². The van der Waals surface area contributed by atoms with E-state index in [2.05, 4.69) is 10.2 Å². The van der Waals surface area contributed by atoms with Crippen molar-refractivity contribution in [3.05, 3.63) is 22.6 Å². The first-order valence-electron chi connectivity index (χ1n) is 5.58. The zero-order valence-corrected chi connectivity index (χ0v) is 10.0. The number of anilines is 1. The topological polar surface area (TPSA) is 78.5 Å². The molecule has 6 heteroatoms.